The van der Waals surface area contributed by atoms with Crippen molar-refractivity contribution in [3.63, 3.8) is 0 Å². The second-order valence-corrected chi connectivity index (χ2v) is 9.35. The molecule has 3 aromatic rings. The predicted molar refractivity (Wildman–Crippen MR) is 140 cm³/mol. The first-order valence-electron chi connectivity index (χ1n) is 10.5. The first-order valence-corrected chi connectivity index (χ1v) is 12.0. The van der Waals surface area contributed by atoms with E-state index in [4.69, 9.17) is 32.7 Å². The van der Waals surface area contributed by atoms with Crippen LogP contribution >= 0.6 is 35.0 Å². The van der Waals surface area contributed by atoms with Crippen LogP contribution in [0, 0.1) is 0 Å². The Morgan fingerprint density at radius 3 is 2.43 bits per heavy atom. The molecule has 0 saturated carbocycles. The Hall–Kier alpha value is -3.26. The van der Waals surface area contributed by atoms with E-state index in [0.29, 0.717) is 43.7 Å². The van der Waals surface area contributed by atoms with E-state index in [1.54, 1.807) is 43.4 Å². The maximum Gasteiger partial charge on any atom is 0.337 e. The number of ether oxygens (including phenoxy) is 2. The van der Waals surface area contributed by atoms with Gasteiger partial charge in [-0.2, -0.15) is 0 Å². The van der Waals surface area contributed by atoms with E-state index in [-0.39, 0.29) is 5.91 Å². The smallest absolute Gasteiger partial charge is 0.337 e. The van der Waals surface area contributed by atoms with Crippen LogP contribution in [0.1, 0.15) is 21.5 Å². The molecule has 3 aromatic carbocycles. The van der Waals surface area contributed by atoms with Gasteiger partial charge in [0.2, 0.25) is 0 Å². The van der Waals surface area contributed by atoms with Gasteiger partial charge in [0.25, 0.3) is 5.91 Å². The lowest BCUT2D eigenvalue weighted by atomic mass is 10.2. The van der Waals surface area contributed by atoms with E-state index >= 15 is 0 Å². The quantitative estimate of drug-likeness (QED) is 0.267. The summed E-state index contributed by atoms with van der Waals surface area (Å²) in [6, 6.07) is 19.4. The number of rotatable bonds is 6. The van der Waals surface area contributed by atoms with Crippen LogP contribution < -0.4 is 4.74 Å². The molecule has 1 saturated heterocycles. The molecule has 6 nitrogen and oxygen atoms in total. The molecule has 1 fully saturated rings. The molecule has 1 amide bonds. The predicted octanol–water partition coefficient (Wildman–Crippen LogP) is 6.59. The van der Waals surface area contributed by atoms with Gasteiger partial charge < -0.3 is 9.47 Å². The van der Waals surface area contributed by atoms with Crippen LogP contribution in [-0.2, 0) is 16.1 Å². The van der Waals surface area contributed by atoms with E-state index in [0.717, 1.165) is 11.1 Å². The highest BCUT2D eigenvalue weighted by molar-refractivity contribution is 8.18. The summed E-state index contributed by atoms with van der Waals surface area (Å²) in [6.45, 7) is 0.315. The molecule has 0 unspecified atom stereocenters. The third kappa shape index (κ3) is 6.06. The number of hydrogen-bond donors (Lipinski definition) is 0. The minimum Gasteiger partial charge on any atom is -0.489 e. The van der Waals surface area contributed by atoms with Crippen molar-refractivity contribution < 1.29 is 19.1 Å². The first kappa shape index (κ1) is 24.9. The summed E-state index contributed by atoms with van der Waals surface area (Å²) in [4.78, 5) is 30.9. The van der Waals surface area contributed by atoms with Gasteiger partial charge in [0.15, 0.2) is 5.17 Å². The molecule has 0 aromatic heterocycles. The second kappa shape index (κ2) is 11.0. The van der Waals surface area contributed by atoms with Gasteiger partial charge in [0.1, 0.15) is 12.4 Å². The Balaban J connectivity index is 1.43. The van der Waals surface area contributed by atoms with Gasteiger partial charge in [-0.25, -0.2) is 9.79 Å². The van der Waals surface area contributed by atoms with Crippen molar-refractivity contribution in [3.8, 4) is 5.75 Å². The molecule has 0 aliphatic carbocycles. The number of thioether (sulfide) groups is 1. The summed E-state index contributed by atoms with van der Waals surface area (Å²) < 4.78 is 10.5. The Morgan fingerprint density at radius 1 is 1.06 bits per heavy atom. The van der Waals surface area contributed by atoms with Crippen LogP contribution in [0.4, 0.5) is 5.69 Å². The first-order chi connectivity index (χ1) is 16.8. The second-order valence-electron chi connectivity index (χ2n) is 7.50. The molecule has 4 rings (SSSR count). The zero-order chi connectivity index (χ0) is 24.9. The zero-order valence-corrected chi connectivity index (χ0v) is 21.2. The summed E-state index contributed by atoms with van der Waals surface area (Å²) in [6.07, 6.45) is 1.81. The molecule has 0 bridgehead atoms. The number of methoxy groups -OCH3 is 1. The number of hydrogen-bond acceptors (Lipinski definition) is 6. The Kier molecular flexibility index (Phi) is 7.80. The lowest BCUT2D eigenvalue weighted by Gasteiger charge is -2.08. The van der Waals surface area contributed by atoms with E-state index in [2.05, 4.69) is 4.99 Å². The van der Waals surface area contributed by atoms with E-state index < -0.39 is 5.97 Å². The number of carbonyl (C=O) groups excluding carboxylic acids is 2. The third-order valence-corrected chi connectivity index (χ3v) is 6.75. The molecule has 0 atom stereocenters. The van der Waals surface area contributed by atoms with Crippen LogP contribution in [0.5, 0.6) is 5.75 Å². The SMILES string of the molecule is COC(=O)c1ccc(N=C2S/C(=C\c3ccc(OCc4ccc(Cl)cc4Cl)cc3)C(=O)N2C)cc1. The van der Waals surface area contributed by atoms with Crippen LogP contribution in [0.25, 0.3) is 6.08 Å². The number of aliphatic imine (C=N–C) groups is 1. The van der Waals surface area contributed by atoms with E-state index in [1.807, 2.05) is 36.4 Å². The maximum atomic E-state index is 12.7. The van der Waals surface area contributed by atoms with Gasteiger partial charge in [-0.15, -0.1) is 0 Å². The van der Waals surface area contributed by atoms with Crippen LogP contribution in [-0.4, -0.2) is 36.1 Å². The number of esters is 1. The largest absolute Gasteiger partial charge is 0.489 e. The van der Waals surface area contributed by atoms with Crippen molar-refractivity contribution in [2.24, 2.45) is 4.99 Å². The van der Waals surface area contributed by atoms with Gasteiger partial charge in [-0.05, 0) is 71.9 Å². The van der Waals surface area contributed by atoms with Crippen LogP contribution in [0.3, 0.4) is 0 Å². The number of amides is 1. The molecular weight excluding hydrogens is 507 g/mol. The molecule has 178 valence electrons. The van der Waals surface area contributed by atoms with Crippen molar-refractivity contribution in [1.82, 2.24) is 4.90 Å². The van der Waals surface area contributed by atoms with Crippen LogP contribution in [0.15, 0.2) is 76.6 Å². The third-order valence-electron chi connectivity index (χ3n) is 5.10. The molecule has 35 heavy (non-hydrogen) atoms. The fourth-order valence-electron chi connectivity index (χ4n) is 3.16. The van der Waals surface area contributed by atoms with Crippen molar-refractivity contribution in [2.75, 3.05) is 14.2 Å². The van der Waals surface area contributed by atoms with Crippen molar-refractivity contribution in [3.05, 3.63) is 98.4 Å². The summed E-state index contributed by atoms with van der Waals surface area (Å²) in [7, 11) is 3.01. The van der Waals surface area contributed by atoms with Crippen molar-refractivity contribution in [2.45, 2.75) is 6.61 Å². The number of carbonyl (C=O) groups is 2. The van der Waals surface area contributed by atoms with Gasteiger partial charge in [0, 0.05) is 22.7 Å². The molecule has 1 heterocycles. The monoisotopic (exact) mass is 526 g/mol. The number of benzene rings is 3. The fourth-order valence-corrected chi connectivity index (χ4v) is 4.61. The molecular formula is C26H20Cl2N2O4S. The highest BCUT2D eigenvalue weighted by Crippen LogP contribution is 2.33. The molecule has 0 spiro atoms. The number of amidine groups is 1. The van der Waals surface area contributed by atoms with E-state index in [1.165, 1.54) is 23.8 Å². The van der Waals surface area contributed by atoms with Gasteiger partial charge in [0.05, 0.1) is 23.3 Å². The molecule has 0 N–H and O–H groups in total. The Morgan fingerprint density at radius 2 is 1.77 bits per heavy atom. The Bertz CT molecular complexity index is 1320. The summed E-state index contributed by atoms with van der Waals surface area (Å²) in [5.41, 5.74) is 2.76. The number of likely N-dealkylation sites (N-methyl/N-ethyl adjacent to an activating group) is 1. The van der Waals surface area contributed by atoms with Crippen LogP contribution in [0.2, 0.25) is 10.0 Å². The molecule has 0 radical (unpaired) electrons. The average Bonchev–Trinajstić information content (AvgIpc) is 3.12. The molecule has 9 heteroatoms. The highest BCUT2D eigenvalue weighted by Gasteiger charge is 2.30. The minimum absolute atomic E-state index is 0.141. The number of halogens is 2. The normalized spacial score (nSPS) is 15.7. The van der Waals surface area contributed by atoms with E-state index in [9.17, 15) is 9.59 Å². The number of nitrogens with zero attached hydrogens (tertiary/aromatic N) is 2. The molecule has 1 aliphatic heterocycles. The van der Waals surface area contributed by atoms with Crippen molar-refractivity contribution >= 4 is 63.8 Å². The van der Waals surface area contributed by atoms with Gasteiger partial charge >= 0.3 is 5.97 Å². The summed E-state index contributed by atoms with van der Waals surface area (Å²) >= 11 is 13.4. The lowest BCUT2D eigenvalue weighted by Crippen LogP contribution is -2.23. The summed E-state index contributed by atoms with van der Waals surface area (Å²) in [5.74, 6) is 0.123. The zero-order valence-electron chi connectivity index (χ0n) is 18.8. The summed E-state index contributed by atoms with van der Waals surface area (Å²) in [5, 5.41) is 1.68. The highest BCUT2D eigenvalue weighted by atomic mass is 35.5. The standard InChI is InChI=1S/C26H20Cl2N2O4S/c1-30-24(31)23(35-26(30)29-20-9-6-17(7-10-20)25(32)33-2)13-16-3-11-21(12-4-16)34-15-18-5-8-19(27)14-22(18)28/h3-14H,15H2,1-2H3/b23-13-,29-26?. The van der Waals surface area contributed by atoms with Gasteiger partial charge in [-0.3, -0.25) is 9.69 Å². The minimum atomic E-state index is -0.415. The van der Waals surface area contributed by atoms with Crippen molar-refractivity contribution in [1.29, 1.82) is 0 Å². The maximum absolute atomic E-state index is 12.7. The van der Waals surface area contributed by atoms with Gasteiger partial charge in [-0.1, -0.05) is 41.4 Å². The lowest BCUT2D eigenvalue weighted by molar-refractivity contribution is -0.121. The average molecular weight is 527 g/mol. The Labute approximate surface area is 217 Å². The molecule has 1 aliphatic rings. The topological polar surface area (TPSA) is 68.2 Å². The fraction of sp³-hybridized carbons (Fsp3) is 0.115.